The molecular formula is C17H21N5O2S. The Morgan fingerprint density at radius 2 is 2.16 bits per heavy atom. The topological polar surface area (TPSA) is 105 Å². The van der Waals surface area contributed by atoms with Crippen LogP contribution in [0, 0.1) is 32.1 Å². The summed E-state index contributed by atoms with van der Waals surface area (Å²) >= 11 is 1.30. The number of thioether (sulfide) groups is 1. The molecule has 0 bridgehead atoms. The highest BCUT2D eigenvalue weighted by Crippen LogP contribution is 2.30. The number of nitriles is 1. The first-order chi connectivity index (χ1) is 11.9. The maximum Gasteiger partial charge on any atom is 0.239 e. The first-order valence-corrected chi connectivity index (χ1v) is 8.98. The molecule has 132 valence electrons. The molecule has 2 rings (SSSR count). The van der Waals surface area contributed by atoms with E-state index in [-0.39, 0.29) is 11.2 Å². The monoisotopic (exact) mass is 359 g/mol. The molecule has 1 amide bonds. The Morgan fingerprint density at radius 1 is 1.40 bits per heavy atom. The van der Waals surface area contributed by atoms with Crippen molar-refractivity contribution >= 4 is 23.5 Å². The fraction of sp³-hybridized carbons (Fsp3) is 0.471. The number of aryl methyl sites for hydroxylation is 3. The summed E-state index contributed by atoms with van der Waals surface area (Å²) in [6.45, 7) is 7.38. The molecule has 7 nitrogen and oxygen atoms in total. The van der Waals surface area contributed by atoms with Gasteiger partial charge in [-0.25, -0.2) is 9.97 Å². The number of carbonyl (C=O) groups is 1. The molecule has 0 fully saturated rings. The Kier molecular flexibility index (Phi) is 6.53. The molecule has 25 heavy (non-hydrogen) atoms. The number of carbonyl (C=O) groups excluding carboxylic acids is 1. The minimum Gasteiger partial charge on any atom is -0.360 e. The van der Waals surface area contributed by atoms with E-state index in [2.05, 4.69) is 33.4 Å². The molecule has 8 heteroatoms. The third-order valence-electron chi connectivity index (χ3n) is 3.53. The highest BCUT2D eigenvalue weighted by molar-refractivity contribution is 8.00. The van der Waals surface area contributed by atoms with Gasteiger partial charge >= 0.3 is 0 Å². The van der Waals surface area contributed by atoms with Crippen molar-refractivity contribution < 1.29 is 9.32 Å². The number of nitrogens with zero attached hydrogens (tertiary/aromatic N) is 4. The van der Waals surface area contributed by atoms with Crippen molar-refractivity contribution in [1.29, 1.82) is 5.26 Å². The Bertz CT molecular complexity index is 797. The van der Waals surface area contributed by atoms with Gasteiger partial charge in [-0.15, -0.1) is 0 Å². The average molecular weight is 359 g/mol. The first kappa shape index (κ1) is 18.9. The molecule has 0 aliphatic rings. The quantitative estimate of drug-likeness (QED) is 0.595. The van der Waals surface area contributed by atoms with Crippen LogP contribution < -0.4 is 5.32 Å². The zero-order valence-corrected chi connectivity index (χ0v) is 15.6. The van der Waals surface area contributed by atoms with Gasteiger partial charge in [0.15, 0.2) is 5.82 Å². The van der Waals surface area contributed by atoms with Crippen LogP contribution in [0.3, 0.4) is 0 Å². The van der Waals surface area contributed by atoms with Crippen LogP contribution in [0.15, 0.2) is 15.6 Å². The largest absolute Gasteiger partial charge is 0.360 e. The van der Waals surface area contributed by atoms with Crippen molar-refractivity contribution in [2.45, 2.75) is 57.2 Å². The second-order valence-electron chi connectivity index (χ2n) is 5.71. The summed E-state index contributed by atoms with van der Waals surface area (Å²) in [6.07, 6.45) is 2.55. The molecule has 1 unspecified atom stereocenters. The molecule has 1 atom stereocenters. The molecule has 0 saturated carbocycles. The second-order valence-corrected chi connectivity index (χ2v) is 6.90. The number of hydrogen-bond acceptors (Lipinski definition) is 7. The molecule has 2 aromatic rings. The summed E-state index contributed by atoms with van der Waals surface area (Å²) in [6, 6.07) is 3.81. The van der Waals surface area contributed by atoms with Gasteiger partial charge in [0, 0.05) is 6.07 Å². The van der Waals surface area contributed by atoms with Crippen molar-refractivity contribution in [3.8, 4) is 6.07 Å². The number of amides is 1. The van der Waals surface area contributed by atoms with Gasteiger partial charge in [-0.1, -0.05) is 36.7 Å². The predicted molar refractivity (Wildman–Crippen MR) is 95.3 cm³/mol. The van der Waals surface area contributed by atoms with Gasteiger partial charge in [0.1, 0.15) is 28.2 Å². The number of anilines is 1. The maximum absolute atomic E-state index is 12.7. The lowest BCUT2D eigenvalue weighted by Gasteiger charge is -2.16. The zero-order valence-electron chi connectivity index (χ0n) is 14.8. The van der Waals surface area contributed by atoms with Gasteiger partial charge in [0.25, 0.3) is 0 Å². The van der Waals surface area contributed by atoms with Crippen LogP contribution in [0.25, 0.3) is 0 Å². The van der Waals surface area contributed by atoms with E-state index in [1.807, 2.05) is 0 Å². The third kappa shape index (κ3) is 5.03. The van der Waals surface area contributed by atoms with Crippen molar-refractivity contribution in [3.63, 3.8) is 0 Å². The summed E-state index contributed by atoms with van der Waals surface area (Å²) in [5, 5.41) is 16.1. The van der Waals surface area contributed by atoms with Gasteiger partial charge in [-0.05, 0) is 27.2 Å². The van der Waals surface area contributed by atoms with E-state index < -0.39 is 0 Å². The van der Waals surface area contributed by atoms with Gasteiger partial charge < -0.3 is 9.84 Å². The van der Waals surface area contributed by atoms with Crippen LogP contribution in [0.2, 0.25) is 0 Å². The second kappa shape index (κ2) is 8.62. The van der Waals surface area contributed by atoms with Gasteiger partial charge in [0.05, 0.1) is 10.9 Å². The molecule has 0 saturated heterocycles. The van der Waals surface area contributed by atoms with Crippen LogP contribution in [-0.4, -0.2) is 26.3 Å². The lowest BCUT2D eigenvalue weighted by atomic mass is 10.2. The molecule has 0 radical (unpaired) electrons. The summed E-state index contributed by atoms with van der Waals surface area (Å²) in [5.41, 5.74) is 1.04. The minimum atomic E-state index is -0.377. The SMILES string of the molecule is CCCCC(Sc1nc(C)nc(C)c1C#N)C(=O)Nc1cc(C)on1. The molecule has 0 spiro atoms. The van der Waals surface area contributed by atoms with Crippen molar-refractivity contribution in [3.05, 3.63) is 28.9 Å². The van der Waals surface area contributed by atoms with Crippen LogP contribution in [0.5, 0.6) is 0 Å². The van der Waals surface area contributed by atoms with E-state index in [0.717, 1.165) is 12.8 Å². The van der Waals surface area contributed by atoms with Crippen LogP contribution >= 0.6 is 11.8 Å². The van der Waals surface area contributed by atoms with E-state index in [4.69, 9.17) is 4.52 Å². The summed E-state index contributed by atoms with van der Waals surface area (Å²) in [7, 11) is 0. The van der Waals surface area contributed by atoms with Crippen LogP contribution in [0.4, 0.5) is 5.82 Å². The Labute approximate surface area is 151 Å². The van der Waals surface area contributed by atoms with E-state index in [9.17, 15) is 10.1 Å². The normalized spacial score (nSPS) is 11.8. The average Bonchev–Trinajstić information content (AvgIpc) is 2.95. The van der Waals surface area contributed by atoms with E-state index in [1.54, 1.807) is 26.8 Å². The third-order valence-corrected chi connectivity index (χ3v) is 4.78. The lowest BCUT2D eigenvalue weighted by molar-refractivity contribution is -0.115. The Hall–Kier alpha value is -2.40. The number of unbranched alkanes of at least 4 members (excludes halogenated alkanes) is 1. The number of rotatable bonds is 7. The minimum absolute atomic E-state index is 0.176. The predicted octanol–water partition coefficient (Wildman–Crippen LogP) is 3.55. The lowest BCUT2D eigenvalue weighted by Crippen LogP contribution is -2.25. The highest BCUT2D eigenvalue weighted by atomic mass is 32.2. The highest BCUT2D eigenvalue weighted by Gasteiger charge is 2.24. The molecule has 1 N–H and O–H groups in total. The smallest absolute Gasteiger partial charge is 0.239 e. The zero-order chi connectivity index (χ0) is 18.4. The maximum atomic E-state index is 12.7. The Morgan fingerprint density at radius 3 is 2.76 bits per heavy atom. The number of aromatic nitrogens is 3. The summed E-state index contributed by atoms with van der Waals surface area (Å²) in [4.78, 5) is 21.2. The van der Waals surface area contributed by atoms with Crippen LogP contribution in [0.1, 0.15) is 49.0 Å². The molecule has 0 aliphatic heterocycles. The fourth-order valence-electron chi connectivity index (χ4n) is 2.30. The standard InChI is InChI=1S/C17H21N5O2S/c1-5-6-7-14(16(23)21-15-8-10(2)24-22-15)25-17-13(9-18)11(3)19-12(4)20-17/h8,14H,5-7H2,1-4H3,(H,21,22,23). The van der Waals surface area contributed by atoms with E-state index in [0.29, 0.717) is 40.1 Å². The Balaban J connectivity index is 2.23. The molecular weight excluding hydrogens is 338 g/mol. The van der Waals surface area contributed by atoms with Crippen molar-refractivity contribution in [1.82, 2.24) is 15.1 Å². The molecule has 2 heterocycles. The number of nitrogens with one attached hydrogen (secondary N) is 1. The van der Waals surface area contributed by atoms with Gasteiger partial charge in [0.2, 0.25) is 5.91 Å². The van der Waals surface area contributed by atoms with Crippen molar-refractivity contribution in [2.24, 2.45) is 0 Å². The van der Waals surface area contributed by atoms with Crippen molar-refractivity contribution in [2.75, 3.05) is 5.32 Å². The van der Waals surface area contributed by atoms with Crippen LogP contribution in [-0.2, 0) is 4.79 Å². The van der Waals surface area contributed by atoms with Gasteiger partial charge in [-0.3, -0.25) is 4.79 Å². The van der Waals surface area contributed by atoms with E-state index in [1.165, 1.54) is 11.8 Å². The van der Waals surface area contributed by atoms with Gasteiger partial charge in [-0.2, -0.15) is 5.26 Å². The first-order valence-electron chi connectivity index (χ1n) is 8.10. The molecule has 2 aromatic heterocycles. The number of hydrogen-bond donors (Lipinski definition) is 1. The summed E-state index contributed by atoms with van der Waals surface area (Å²) in [5.74, 6) is 1.42. The molecule has 0 aliphatic carbocycles. The molecule has 0 aromatic carbocycles. The summed E-state index contributed by atoms with van der Waals surface area (Å²) < 4.78 is 4.98. The van der Waals surface area contributed by atoms with E-state index >= 15 is 0 Å². The fourth-order valence-corrected chi connectivity index (χ4v) is 3.51.